The summed E-state index contributed by atoms with van der Waals surface area (Å²) in [6.07, 6.45) is 0.961. The molecular weight excluding hydrogens is 444 g/mol. The molecule has 0 atom stereocenters. The van der Waals surface area contributed by atoms with Crippen LogP contribution in [0, 0.1) is 0 Å². The maximum absolute atomic E-state index is 12.6. The monoisotopic (exact) mass is 462 g/mol. The van der Waals surface area contributed by atoms with Gasteiger partial charge in [-0.25, -0.2) is 9.59 Å². The molecule has 0 fully saturated rings. The first-order chi connectivity index (χ1) is 13.9. The predicted octanol–water partition coefficient (Wildman–Crippen LogP) is 3.35. The Bertz CT molecular complexity index is 940. The van der Waals surface area contributed by atoms with Crippen molar-refractivity contribution in [3.05, 3.63) is 64.3 Å². The summed E-state index contributed by atoms with van der Waals surface area (Å²) in [5.41, 5.74) is 1.01. The van der Waals surface area contributed by atoms with Gasteiger partial charge in [0.2, 0.25) is 0 Å². The smallest absolute Gasteiger partial charge is 0.354 e. The van der Waals surface area contributed by atoms with Gasteiger partial charge in [0, 0.05) is 10.0 Å². The number of nitrogens with one attached hydrogen (secondary N) is 2. The number of methoxy groups -OCH3 is 3. The molecule has 0 aliphatic carbocycles. The zero-order chi connectivity index (χ0) is 21.4. The predicted molar refractivity (Wildman–Crippen MR) is 111 cm³/mol. The van der Waals surface area contributed by atoms with Gasteiger partial charge in [-0.3, -0.25) is 4.79 Å². The summed E-state index contributed by atoms with van der Waals surface area (Å²) in [7, 11) is 3.91. The fourth-order valence-corrected chi connectivity index (χ4v) is 2.60. The number of halogens is 1. The first kappa shape index (κ1) is 22.0. The number of benzene rings is 2. The molecule has 152 valence electrons. The standard InChI is InChI=1S/C20H19BrN2O6/c1-27-14-7-4-12(5-8-14)19(25)23-16-10-13(21)6-9-15(16)22-17(20(26)29-3)11-18(24)28-2/h4-11,22H,1-3H3,(H,23,25). The summed E-state index contributed by atoms with van der Waals surface area (Å²) in [6, 6.07) is 11.6. The minimum absolute atomic E-state index is 0.151. The molecule has 29 heavy (non-hydrogen) atoms. The zero-order valence-corrected chi connectivity index (χ0v) is 17.5. The molecule has 0 unspecified atom stereocenters. The summed E-state index contributed by atoms with van der Waals surface area (Å²) in [5, 5.41) is 5.56. The van der Waals surface area contributed by atoms with Crippen molar-refractivity contribution in [3.63, 3.8) is 0 Å². The van der Waals surface area contributed by atoms with Gasteiger partial charge in [0.25, 0.3) is 5.91 Å². The summed E-state index contributed by atoms with van der Waals surface area (Å²) in [6.45, 7) is 0. The highest BCUT2D eigenvalue weighted by molar-refractivity contribution is 9.10. The van der Waals surface area contributed by atoms with Crippen LogP contribution in [0.1, 0.15) is 10.4 Å². The van der Waals surface area contributed by atoms with Gasteiger partial charge >= 0.3 is 11.9 Å². The maximum atomic E-state index is 12.6. The van der Waals surface area contributed by atoms with E-state index in [1.165, 1.54) is 21.3 Å². The largest absolute Gasteiger partial charge is 0.497 e. The van der Waals surface area contributed by atoms with Gasteiger partial charge in [0.1, 0.15) is 11.4 Å². The molecule has 0 spiro atoms. The van der Waals surface area contributed by atoms with Crippen molar-refractivity contribution in [1.29, 1.82) is 0 Å². The third-order valence-corrected chi connectivity index (χ3v) is 4.21. The molecule has 0 heterocycles. The number of esters is 2. The van der Waals surface area contributed by atoms with Gasteiger partial charge in [-0.05, 0) is 42.5 Å². The lowest BCUT2D eigenvalue weighted by atomic mass is 10.2. The Kier molecular flexibility index (Phi) is 7.79. The number of rotatable bonds is 7. The third kappa shape index (κ3) is 6.08. The number of carbonyl (C=O) groups excluding carboxylic acids is 3. The number of carbonyl (C=O) groups is 3. The Balaban J connectivity index is 2.32. The molecule has 0 radical (unpaired) electrons. The molecular formula is C20H19BrN2O6. The van der Waals surface area contributed by atoms with E-state index >= 15 is 0 Å². The summed E-state index contributed by atoms with van der Waals surface area (Å²) in [4.78, 5) is 36.1. The lowest BCUT2D eigenvalue weighted by Gasteiger charge is -2.15. The van der Waals surface area contributed by atoms with E-state index in [2.05, 4.69) is 36.0 Å². The zero-order valence-electron chi connectivity index (χ0n) is 15.9. The second-order valence-corrected chi connectivity index (χ2v) is 6.49. The first-order valence-electron chi connectivity index (χ1n) is 8.28. The van der Waals surface area contributed by atoms with E-state index in [1.807, 2.05) is 0 Å². The van der Waals surface area contributed by atoms with E-state index in [0.29, 0.717) is 27.2 Å². The van der Waals surface area contributed by atoms with Gasteiger partial charge < -0.3 is 24.8 Å². The number of hydrogen-bond donors (Lipinski definition) is 2. The highest BCUT2D eigenvalue weighted by Crippen LogP contribution is 2.28. The quantitative estimate of drug-likeness (QED) is 0.480. The number of ether oxygens (including phenoxy) is 3. The lowest BCUT2D eigenvalue weighted by Crippen LogP contribution is -2.18. The van der Waals surface area contributed by atoms with Crippen molar-refractivity contribution in [2.45, 2.75) is 0 Å². The molecule has 2 rings (SSSR count). The molecule has 9 heteroatoms. The molecule has 2 aromatic carbocycles. The highest BCUT2D eigenvalue weighted by Gasteiger charge is 2.16. The second kappa shape index (κ2) is 10.3. The minimum Gasteiger partial charge on any atom is -0.497 e. The minimum atomic E-state index is -0.772. The second-order valence-electron chi connectivity index (χ2n) is 5.57. The van der Waals surface area contributed by atoms with Gasteiger partial charge in [0.05, 0.1) is 38.8 Å². The third-order valence-electron chi connectivity index (χ3n) is 3.72. The van der Waals surface area contributed by atoms with Gasteiger partial charge in [-0.15, -0.1) is 0 Å². The molecule has 1 amide bonds. The molecule has 2 N–H and O–H groups in total. The molecule has 0 aromatic heterocycles. The summed E-state index contributed by atoms with van der Waals surface area (Å²) < 4.78 is 15.0. The fraction of sp³-hybridized carbons (Fsp3) is 0.150. The molecule has 0 saturated carbocycles. The van der Waals surface area contributed by atoms with E-state index in [9.17, 15) is 14.4 Å². The Morgan fingerprint density at radius 3 is 2.17 bits per heavy atom. The Labute approximate surface area is 176 Å². The van der Waals surface area contributed by atoms with Crippen LogP contribution in [-0.2, 0) is 19.1 Å². The normalized spacial score (nSPS) is 10.7. The molecule has 8 nitrogen and oxygen atoms in total. The van der Waals surface area contributed by atoms with Crippen molar-refractivity contribution in [2.24, 2.45) is 0 Å². The van der Waals surface area contributed by atoms with Crippen LogP contribution in [0.2, 0.25) is 0 Å². The van der Waals surface area contributed by atoms with Crippen LogP contribution in [-0.4, -0.2) is 39.2 Å². The van der Waals surface area contributed by atoms with Crippen LogP contribution in [0.4, 0.5) is 11.4 Å². The van der Waals surface area contributed by atoms with Crippen LogP contribution in [0.5, 0.6) is 5.75 Å². The van der Waals surface area contributed by atoms with E-state index in [-0.39, 0.29) is 11.6 Å². The van der Waals surface area contributed by atoms with Crippen molar-refractivity contribution in [2.75, 3.05) is 32.0 Å². The topological polar surface area (TPSA) is 103 Å². The Morgan fingerprint density at radius 1 is 0.897 bits per heavy atom. The molecule has 0 aliphatic heterocycles. The average molecular weight is 463 g/mol. The van der Waals surface area contributed by atoms with E-state index in [1.54, 1.807) is 42.5 Å². The van der Waals surface area contributed by atoms with E-state index in [0.717, 1.165) is 6.08 Å². The van der Waals surface area contributed by atoms with Crippen molar-refractivity contribution < 1.29 is 28.6 Å². The fourth-order valence-electron chi connectivity index (χ4n) is 2.24. The van der Waals surface area contributed by atoms with Crippen LogP contribution < -0.4 is 15.4 Å². The van der Waals surface area contributed by atoms with Crippen molar-refractivity contribution in [1.82, 2.24) is 0 Å². The number of anilines is 2. The Morgan fingerprint density at radius 2 is 1.59 bits per heavy atom. The molecule has 0 aliphatic rings. The van der Waals surface area contributed by atoms with E-state index in [4.69, 9.17) is 4.74 Å². The summed E-state index contributed by atoms with van der Waals surface area (Å²) in [5.74, 6) is -1.25. The molecule has 2 aromatic rings. The van der Waals surface area contributed by atoms with Gasteiger partial charge in [0.15, 0.2) is 0 Å². The van der Waals surface area contributed by atoms with Crippen LogP contribution in [0.25, 0.3) is 0 Å². The van der Waals surface area contributed by atoms with E-state index < -0.39 is 11.9 Å². The molecule has 0 bridgehead atoms. The van der Waals surface area contributed by atoms with Crippen LogP contribution in [0.15, 0.2) is 58.7 Å². The Hall–Kier alpha value is -3.33. The van der Waals surface area contributed by atoms with Gasteiger partial charge in [-0.2, -0.15) is 0 Å². The maximum Gasteiger partial charge on any atom is 0.354 e. The van der Waals surface area contributed by atoms with Gasteiger partial charge in [-0.1, -0.05) is 15.9 Å². The molecule has 0 saturated heterocycles. The number of amides is 1. The van der Waals surface area contributed by atoms with Crippen molar-refractivity contribution >= 4 is 45.2 Å². The lowest BCUT2D eigenvalue weighted by molar-refractivity contribution is -0.138. The van der Waals surface area contributed by atoms with Crippen LogP contribution in [0.3, 0.4) is 0 Å². The highest BCUT2D eigenvalue weighted by atomic mass is 79.9. The summed E-state index contributed by atoms with van der Waals surface area (Å²) >= 11 is 3.35. The van der Waals surface area contributed by atoms with Crippen LogP contribution >= 0.6 is 15.9 Å². The number of hydrogen-bond acceptors (Lipinski definition) is 7. The average Bonchev–Trinajstić information content (AvgIpc) is 2.74. The first-order valence-corrected chi connectivity index (χ1v) is 9.07. The van der Waals surface area contributed by atoms with Crippen molar-refractivity contribution in [3.8, 4) is 5.75 Å². The SMILES string of the molecule is COC(=O)C=C(Nc1ccc(Br)cc1NC(=O)c1ccc(OC)cc1)C(=O)OC.